The van der Waals surface area contributed by atoms with Crippen LogP contribution >= 0.6 is 0 Å². The van der Waals surface area contributed by atoms with Crippen LogP contribution in [0.5, 0.6) is 0 Å². The number of hydrogen-bond acceptors (Lipinski definition) is 2. The van der Waals surface area contributed by atoms with Crippen molar-refractivity contribution in [2.75, 3.05) is 0 Å². The number of hydrogen-bond donors (Lipinski definition) is 2. The van der Waals surface area contributed by atoms with E-state index >= 15 is 0 Å². The van der Waals surface area contributed by atoms with E-state index in [2.05, 4.69) is 0 Å². The van der Waals surface area contributed by atoms with E-state index in [0.717, 1.165) is 5.56 Å². The van der Waals surface area contributed by atoms with Gasteiger partial charge < -0.3 is 10.2 Å². The molecule has 2 N–H and O–H groups in total. The number of aliphatic carboxylic acids is 2. The molecule has 0 aliphatic heterocycles. The highest BCUT2D eigenvalue weighted by molar-refractivity contribution is 5.79. The molecule has 0 saturated carbocycles. The molecule has 0 amide bonds. The Kier molecular flexibility index (Phi) is 4.05. The van der Waals surface area contributed by atoms with Crippen LogP contribution in [0.2, 0.25) is 0 Å². The molecule has 1 rings (SSSR count). The number of rotatable bonds is 5. The van der Waals surface area contributed by atoms with Crippen molar-refractivity contribution in [3.8, 4) is 0 Å². The Morgan fingerprint density at radius 1 is 1.12 bits per heavy atom. The summed E-state index contributed by atoms with van der Waals surface area (Å²) in [6, 6.07) is 9.04. The molecule has 0 aliphatic rings. The second-order valence-electron chi connectivity index (χ2n) is 3.76. The fourth-order valence-electron chi connectivity index (χ4n) is 1.52. The van der Waals surface area contributed by atoms with E-state index in [0.29, 0.717) is 0 Å². The van der Waals surface area contributed by atoms with Gasteiger partial charge in [-0.3, -0.25) is 9.59 Å². The Balaban J connectivity index is 2.81. The second-order valence-corrected chi connectivity index (χ2v) is 3.76. The van der Waals surface area contributed by atoms with E-state index < -0.39 is 23.8 Å². The van der Waals surface area contributed by atoms with Crippen LogP contribution in [0.1, 0.15) is 12.5 Å². The van der Waals surface area contributed by atoms with Crippen molar-refractivity contribution in [1.29, 1.82) is 0 Å². The van der Waals surface area contributed by atoms with Gasteiger partial charge in [0.05, 0.1) is 11.8 Å². The zero-order chi connectivity index (χ0) is 12.1. The zero-order valence-corrected chi connectivity index (χ0v) is 8.96. The largest absolute Gasteiger partial charge is 0.481 e. The molecule has 0 spiro atoms. The molecule has 4 nitrogen and oxygen atoms in total. The molecule has 4 heteroatoms. The highest BCUT2D eigenvalue weighted by atomic mass is 16.4. The number of benzene rings is 1. The first-order valence-corrected chi connectivity index (χ1v) is 5.02. The van der Waals surface area contributed by atoms with Crippen LogP contribution < -0.4 is 0 Å². The quantitative estimate of drug-likeness (QED) is 0.794. The lowest BCUT2D eigenvalue weighted by Crippen LogP contribution is -2.29. The molecule has 0 heterocycles. The normalized spacial score (nSPS) is 14.1. The van der Waals surface area contributed by atoms with Gasteiger partial charge in [-0.2, -0.15) is 0 Å². The van der Waals surface area contributed by atoms with Crippen molar-refractivity contribution in [3.05, 3.63) is 35.9 Å². The van der Waals surface area contributed by atoms with Crippen LogP contribution in [0.25, 0.3) is 0 Å². The Hall–Kier alpha value is -1.84. The molecule has 1 aromatic rings. The van der Waals surface area contributed by atoms with E-state index in [1.807, 2.05) is 6.07 Å². The average molecular weight is 222 g/mol. The van der Waals surface area contributed by atoms with Gasteiger partial charge in [-0.1, -0.05) is 37.3 Å². The van der Waals surface area contributed by atoms with Gasteiger partial charge in [0.25, 0.3) is 0 Å². The van der Waals surface area contributed by atoms with Crippen LogP contribution in [0, 0.1) is 11.8 Å². The predicted molar refractivity (Wildman–Crippen MR) is 58.1 cm³/mol. The second kappa shape index (κ2) is 5.30. The summed E-state index contributed by atoms with van der Waals surface area (Å²) >= 11 is 0. The number of carboxylic acids is 2. The van der Waals surface area contributed by atoms with E-state index in [4.69, 9.17) is 10.2 Å². The molecule has 2 atom stereocenters. The zero-order valence-electron chi connectivity index (χ0n) is 8.96. The van der Waals surface area contributed by atoms with Gasteiger partial charge in [-0.15, -0.1) is 0 Å². The summed E-state index contributed by atoms with van der Waals surface area (Å²) < 4.78 is 0. The van der Waals surface area contributed by atoms with Gasteiger partial charge in [-0.25, -0.2) is 0 Å². The summed E-state index contributed by atoms with van der Waals surface area (Å²) in [5.74, 6) is -3.93. The van der Waals surface area contributed by atoms with Gasteiger partial charge in [0, 0.05) is 0 Å². The Bertz CT molecular complexity index is 372. The van der Waals surface area contributed by atoms with Crippen molar-refractivity contribution < 1.29 is 19.8 Å². The summed E-state index contributed by atoms with van der Waals surface area (Å²) in [7, 11) is 0. The van der Waals surface area contributed by atoms with Gasteiger partial charge in [0.2, 0.25) is 0 Å². The van der Waals surface area contributed by atoms with Gasteiger partial charge >= 0.3 is 11.9 Å². The van der Waals surface area contributed by atoms with Gasteiger partial charge in [0.1, 0.15) is 0 Å². The van der Waals surface area contributed by atoms with Crippen molar-refractivity contribution in [2.24, 2.45) is 11.8 Å². The van der Waals surface area contributed by atoms with E-state index in [-0.39, 0.29) is 6.42 Å². The molecule has 0 unspecified atom stereocenters. The van der Waals surface area contributed by atoms with Crippen molar-refractivity contribution >= 4 is 11.9 Å². The Morgan fingerprint density at radius 3 is 2.12 bits per heavy atom. The van der Waals surface area contributed by atoms with Crippen LogP contribution in [0.3, 0.4) is 0 Å². The minimum atomic E-state index is -1.08. The van der Waals surface area contributed by atoms with Crippen LogP contribution in [0.15, 0.2) is 30.3 Å². The molecule has 0 aliphatic carbocycles. The minimum absolute atomic E-state index is 0.240. The molecule has 0 aromatic heterocycles. The lowest BCUT2D eigenvalue weighted by Gasteiger charge is -2.16. The molecule has 1 aromatic carbocycles. The SMILES string of the molecule is C[C@@H](C(=O)O)[C@H](Cc1ccccc1)C(=O)O. The summed E-state index contributed by atoms with van der Waals surface area (Å²) in [6.07, 6.45) is 0.240. The monoisotopic (exact) mass is 222 g/mol. The Labute approximate surface area is 93.5 Å². The van der Waals surface area contributed by atoms with Crippen molar-refractivity contribution in [3.63, 3.8) is 0 Å². The number of carboxylic acid groups (broad SMARTS) is 2. The van der Waals surface area contributed by atoms with Crippen LogP contribution in [0.4, 0.5) is 0 Å². The summed E-state index contributed by atoms with van der Waals surface area (Å²) in [5, 5.41) is 17.8. The van der Waals surface area contributed by atoms with Crippen LogP contribution in [-0.4, -0.2) is 22.2 Å². The topological polar surface area (TPSA) is 74.6 Å². The third-order valence-electron chi connectivity index (χ3n) is 2.61. The molecule has 0 fully saturated rings. The molecular formula is C12H14O4. The maximum Gasteiger partial charge on any atom is 0.307 e. The molecule has 0 saturated heterocycles. The molecule has 0 bridgehead atoms. The van der Waals surface area contributed by atoms with Gasteiger partial charge in [-0.05, 0) is 12.0 Å². The van der Waals surface area contributed by atoms with E-state index in [1.54, 1.807) is 24.3 Å². The molecule has 16 heavy (non-hydrogen) atoms. The van der Waals surface area contributed by atoms with E-state index in [9.17, 15) is 9.59 Å². The fraction of sp³-hybridized carbons (Fsp3) is 0.333. The summed E-state index contributed by atoms with van der Waals surface area (Å²) in [5.41, 5.74) is 0.836. The standard InChI is InChI=1S/C12H14O4/c1-8(11(13)14)10(12(15)16)7-9-5-3-2-4-6-9/h2-6,8,10H,7H2,1H3,(H,13,14)(H,15,16)/t8-,10+/m1/s1. The lowest BCUT2D eigenvalue weighted by atomic mass is 9.88. The number of carbonyl (C=O) groups is 2. The average Bonchev–Trinajstić information content (AvgIpc) is 2.26. The maximum atomic E-state index is 11.0. The molecule has 86 valence electrons. The summed E-state index contributed by atoms with van der Waals surface area (Å²) in [4.78, 5) is 21.8. The minimum Gasteiger partial charge on any atom is -0.481 e. The van der Waals surface area contributed by atoms with Gasteiger partial charge in [0.15, 0.2) is 0 Å². The molecular weight excluding hydrogens is 208 g/mol. The van der Waals surface area contributed by atoms with Crippen molar-refractivity contribution in [2.45, 2.75) is 13.3 Å². The third-order valence-corrected chi connectivity index (χ3v) is 2.61. The Morgan fingerprint density at radius 2 is 1.69 bits per heavy atom. The van der Waals surface area contributed by atoms with Crippen molar-refractivity contribution in [1.82, 2.24) is 0 Å². The first-order chi connectivity index (χ1) is 7.52. The first kappa shape index (κ1) is 12.2. The third kappa shape index (κ3) is 3.08. The molecule has 0 radical (unpaired) electrons. The lowest BCUT2D eigenvalue weighted by molar-refractivity contribution is -0.152. The predicted octanol–water partition coefficient (Wildman–Crippen LogP) is 1.65. The van der Waals surface area contributed by atoms with Crippen LogP contribution in [-0.2, 0) is 16.0 Å². The highest BCUT2D eigenvalue weighted by Gasteiger charge is 2.29. The maximum absolute atomic E-state index is 11.0. The first-order valence-electron chi connectivity index (χ1n) is 5.02. The fourth-order valence-corrected chi connectivity index (χ4v) is 1.52. The summed E-state index contributed by atoms with van der Waals surface area (Å²) in [6.45, 7) is 1.42. The van der Waals surface area contributed by atoms with E-state index in [1.165, 1.54) is 6.92 Å². The highest BCUT2D eigenvalue weighted by Crippen LogP contribution is 2.18. The smallest absolute Gasteiger partial charge is 0.307 e.